The van der Waals surface area contributed by atoms with Crippen LogP contribution in [0.3, 0.4) is 0 Å². The zero-order valence-electron chi connectivity index (χ0n) is 25.0. The van der Waals surface area contributed by atoms with Crippen LogP contribution in [-0.4, -0.2) is 0 Å². The van der Waals surface area contributed by atoms with Crippen molar-refractivity contribution in [3.8, 4) is 33.4 Å². The molecule has 0 radical (unpaired) electrons. The minimum atomic E-state index is 0.744. The van der Waals surface area contributed by atoms with Crippen LogP contribution < -0.4 is 4.90 Å². The van der Waals surface area contributed by atoms with E-state index in [1.165, 1.54) is 70.3 Å². The van der Waals surface area contributed by atoms with E-state index in [1.807, 2.05) is 0 Å². The van der Waals surface area contributed by atoms with Gasteiger partial charge >= 0.3 is 0 Å². The normalized spacial score (nSPS) is 18.8. The van der Waals surface area contributed by atoms with Gasteiger partial charge in [0.25, 0.3) is 0 Å². The van der Waals surface area contributed by atoms with E-state index in [9.17, 15) is 0 Å². The fourth-order valence-electron chi connectivity index (χ4n) is 7.69. The molecule has 0 saturated heterocycles. The van der Waals surface area contributed by atoms with Crippen LogP contribution in [0.5, 0.6) is 0 Å². The molecule has 0 amide bonds. The van der Waals surface area contributed by atoms with E-state index in [-0.39, 0.29) is 0 Å². The third-order valence-electron chi connectivity index (χ3n) is 10.0. The number of anilines is 3. The van der Waals surface area contributed by atoms with Gasteiger partial charge in [-0.3, -0.25) is 0 Å². The van der Waals surface area contributed by atoms with Crippen molar-refractivity contribution in [3.63, 3.8) is 0 Å². The molecular weight excluding hydrogens is 530 g/mol. The highest BCUT2D eigenvalue weighted by Crippen LogP contribution is 2.53. The first kappa shape index (κ1) is 26.7. The summed E-state index contributed by atoms with van der Waals surface area (Å²) < 4.78 is 0. The molecule has 44 heavy (non-hydrogen) atoms. The Morgan fingerprint density at radius 3 is 1.14 bits per heavy atom. The zero-order chi connectivity index (χ0) is 29.3. The summed E-state index contributed by atoms with van der Waals surface area (Å²) in [4.78, 5) is 2.39. The van der Waals surface area contributed by atoms with Crippen molar-refractivity contribution in [1.29, 1.82) is 0 Å². The highest BCUT2D eigenvalue weighted by atomic mass is 15.1. The first-order valence-electron chi connectivity index (χ1n) is 16.1. The first-order chi connectivity index (χ1) is 21.8. The Balaban J connectivity index is 1.11. The molecule has 2 aliphatic carbocycles. The zero-order valence-corrected chi connectivity index (χ0v) is 25.0. The summed E-state index contributed by atoms with van der Waals surface area (Å²) in [6, 6.07) is 57.6. The van der Waals surface area contributed by atoms with Gasteiger partial charge in [0.05, 0.1) is 0 Å². The standard InChI is InChI=1S/C43H37N/c1-3-7-32(8-4-1)34-13-15-35(16-14-34)37-19-25-41(26-20-37)44(40-23-17-36(18-24-40)33-9-5-2-6-10-33)42-27-21-38(22-28-42)43-30-31-11-12-39(43)29-31/h1-10,13-28,31,39,43H,11-12,29-30H2. The van der Waals surface area contributed by atoms with Crippen molar-refractivity contribution in [2.75, 3.05) is 4.90 Å². The average molecular weight is 568 g/mol. The topological polar surface area (TPSA) is 3.24 Å². The average Bonchev–Trinajstić information content (AvgIpc) is 3.75. The van der Waals surface area contributed by atoms with Gasteiger partial charge in [-0.05, 0) is 112 Å². The van der Waals surface area contributed by atoms with E-state index >= 15 is 0 Å². The molecule has 2 saturated carbocycles. The molecule has 0 aliphatic heterocycles. The smallest absolute Gasteiger partial charge is 0.0462 e. The number of hydrogen-bond donors (Lipinski definition) is 0. The molecule has 6 aromatic rings. The molecule has 2 fully saturated rings. The lowest BCUT2D eigenvalue weighted by Gasteiger charge is -2.27. The number of hydrogen-bond acceptors (Lipinski definition) is 1. The van der Waals surface area contributed by atoms with Gasteiger partial charge in [0.1, 0.15) is 0 Å². The Kier molecular flexibility index (Phi) is 7.08. The van der Waals surface area contributed by atoms with Gasteiger partial charge in [0.2, 0.25) is 0 Å². The van der Waals surface area contributed by atoms with Gasteiger partial charge in [0, 0.05) is 17.1 Å². The molecular formula is C43H37N. The van der Waals surface area contributed by atoms with Crippen LogP contribution in [0.15, 0.2) is 158 Å². The van der Waals surface area contributed by atoms with Gasteiger partial charge in [-0.15, -0.1) is 0 Å². The van der Waals surface area contributed by atoms with Crippen LogP contribution in [0, 0.1) is 11.8 Å². The predicted molar refractivity (Wildman–Crippen MR) is 186 cm³/mol. The van der Waals surface area contributed by atoms with Crippen molar-refractivity contribution in [3.05, 3.63) is 163 Å². The van der Waals surface area contributed by atoms with Crippen molar-refractivity contribution in [1.82, 2.24) is 0 Å². The number of nitrogens with zero attached hydrogens (tertiary/aromatic N) is 1. The fourth-order valence-corrected chi connectivity index (χ4v) is 7.69. The van der Waals surface area contributed by atoms with E-state index < -0.39 is 0 Å². The Bertz CT molecular complexity index is 1820. The lowest BCUT2D eigenvalue weighted by molar-refractivity contribution is 0.420. The Morgan fingerprint density at radius 1 is 0.364 bits per heavy atom. The minimum Gasteiger partial charge on any atom is -0.311 e. The number of fused-ring (bicyclic) bond motifs is 2. The van der Waals surface area contributed by atoms with Crippen LogP contribution in [0.1, 0.15) is 37.2 Å². The van der Waals surface area contributed by atoms with Crippen molar-refractivity contribution >= 4 is 17.1 Å². The molecule has 0 spiro atoms. The van der Waals surface area contributed by atoms with Crippen LogP contribution in [0.2, 0.25) is 0 Å². The van der Waals surface area contributed by atoms with Gasteiger partial charge < -0.3 is 4.90 Å². The third kappa shape index (κ3) is 5.24. The van der Waals surface area contributed by atoms with Crippen molar-refractivity contribution in [2.24, 2.45) is 11.8 Å². The summed E-state index contributed by atoms with van der Waals surface area (Å²) >= 11 is 0. The first-order valence-corrected chi connectivity index (χ1v) is 16.1. The SMILES string of the molecule is c1ccc(-c2ccc(-c3ccc(N(c4ccc(-c5ccccc5)cc4)c4ccc(C5CC6CCC5C6)cc4)cc3)cc2)cc1. The van der Waals surface area contributed by atoms with E-state index in [2.05, 4.69) is 163 Å². The van der Waals surface area contributed by atoms with Crippen molar-refractivity contribution < 1.29 is 0 Å². The van der Waals surface area contributed by atoms with Crippen LogP contribution >= 0.6 is 0 Å². The molecule has 1 nitrogen and oxygen atoms in total. The van der Waals surface area contributed by atoms with Gasteiger partial charge in [0.15, 0.2) is 0 Å². The fraction of sp³-hybridized carbons (Fsp3) is 0.163. The van der Waals surface area contributed by atoms with E-state index in [0.29, 0.717) is 0 Å². The molecule has 0 aromatic heterocycles. The second-order valence-corrected chi connectivity index (χ2v) is 12.6. The summed E-state index contributed by atoms with van der Waals surface area (Å²) in [5.74, 6) is 2.59. The van der Waals surface area contributed by atoms with E-state index in [1.54, 1.807) is 0 Å². The largest absolute Gasteiger partial charge is 0.311 e. The maximum Gasteiger partial charge on any atom is 0.0462 e. The van der Waals surface area contributed by atoms with Gasteiger partial charge in [-0.25, -0.2) is 0 Å². The quantitative estimate of drug-likeness (QED) is 0.185. The second kappa shape index (κ2) is 11.7. The molecule has 6 aromatic carbocycles. The molecule has 0 heterocycles. The maximum absolute atomic E-state index is 2.40. The maximum atomic E-state index is 2.40. The van der Waals surface area contributed by atoms with Gasteiger partial charge in [-0.2, -0.15) is 0 Å². The minimum absolute atomic E-state index is 0.744. The molecule has 214 valence electrons. The molecule has 0 N–H and O–H groups in total. The Morgan fingerprint density at radius 2 is 0.750 bits per heavy atom. The Labute approximate surface area is 261 Å². The van der Waals surface area contributed by atoms with Crippen LogP contribution in [0.4, 0.5) is 17.1 Å². The summed E-state index contributed by atoms with van der Waals surface area (Å²) in [6.07, 6.45) is 5.67. The monoisotopic (exact) mass is 567 g/mol. The van der Waals surface area contributed by atoms with Gasteiger partial charge in [-0.1, -0.05) is 128 Å². The second-order valence-electron chi connectivity index (χ2n) is 12.6. The summed E-state index contributed by atoms with van der Waals surface area (Å²) in [7, 11) is 0. The highest BCUT2D eigenvalue weighted by molar-refractivity contribution is 5.80. The lowest BCUT2D eigenvalue weighted by atomic mass is 9.83. The number of rotatable bonds is 7. The molecule has 8 rings (SSSR count). The van der Waals surface area contributed by atoms with Crippen molar-refractivity contribution in [2.45, 2.75) is 31.6 Å². The third-order valence-corrected chi connectivity index (χ3v) is 10.0. The summed E-state index contributed by atoms with van der Waals surface area (Å²) in [5.41, 5.74) is 12.5. The predicted octanol–water partition coefficient (Wildman–Crippen LogP) is 12.1. The molecule has 2 bridgehead atoms. The van der Waals surface area contributed by atoms with E-state index in [4.69, 9.17) is 0 Å². The molecule has 1 heteroatoms. The van der Waals surface area contributed by atoms with Crippen LogP contribution in [0.25, 0.3) is 33.4 Å². The summed E-state index contributed by atoms with van der Waals surface area (Å²) in [5, 5.41) is 0. The summed E-state index contributed by atoms with van der Waals surface area (Å²) in [6.45, 7) is 0. The highest BCUT2D eigenvalue weighted by Gasteiger charge is 2.40. The Hall–Kier alpha value is -4.88. The molecule has 3 unspecified atom stereocenters. The number of benzene rings is 6. The van der Waals surface area contributed by atoms with Crippen LogP contribution in [-0.2, 0) is 0 Å². The molecule has 3 atom stereocenters. The molecule has 2 aliphatic rings. The lowest BCUT2D eigenvalue weighted by Crippen LogP contribution is -2.11. The van der Waals surface area contributed by atoms with E-state index in [0.717, 1.165) is 29.1 Å².